The molecule has 2 amide bonds. The quantitative estimate of drug-likeness (QED) is 0.779. The third-order valence-electron chi connectivity index (χ3n) is 3.61. The van der Waals surface area contributed by atoms with Crippen LogP contribution in [0.2, 0.25) is 0 Å². The fourth-order valence-corrected chi connectivity index (χ4v) is 2.72. The summed E-state index contributed by atoms with van der Waals surface area (Å²) < 4.78 is 5.32. The third-order valence-corrected chi connectivity index (χ3v) is 3.61. The van der Waals surface area contributed by atoms with Gasteiger partial charge in [-0.05, 0) is 33.6 Å². The average molecular weight is 284 g/mol. The Hall–Kier alpha value is -1.30. The van der Waals surface area contributed by atoms with Gasteiger partial charge in [0.2, 0.25) is 5.91 Å². The van der Waals surface area contributed by atoms with Crippen molar-refractivity contribution >= 4 is 12.0 Å². The molecule has 2 heterocycles. The van der Waals surface area contributed by atoms with Crippen molar-refractivity contribution in [2.45, 2.75) is 57.8 Å². The Labute approximate surface area is 119 Å². The maximum absolute atomic E-state index is 12.4. The first-order valence-electron chi connectivity index (χ1n) is 7.24. The Balaban J connectivity index is 2.06. The monoisotopic (exact) mass is 284 g/mol. The van der Waals surface area contributed by atoms with Gasteiger partial charge in [-0.25, -0.2) is 4.79 Å². The van der Waals surface area contributed by atoms with Crippen LogP contribution < -0.4 is 0 Å². The Bertz CT molecular complexity index is 385. The second-order valence-corrected chi connectivity index (χ2v) is 6.57. The molecule has 2 fully saturated rings. The van der Waals surface area contributed by atoms with Crippen LogP contribution in [-0.4, -0.2) is 64.3 Å². The van der Waals surface area contributed by atoms with Crippen molar-refractivity contribution in [2.75, 3.05) is 19.6 Å². The molecule has 0 bridgehead atoms. The fourth-order valence-electron chi connectivity index (χ4n) is 2.72. The molecule has 1 N–H and O–H groups in total. The lowest BCUT2D eigenvalue weighted by Crippen LogP contribution is -2.48. The summed E-state index contributed by atoms with van der Waals surface area (Å²) in [6, 6.07) is -0.585. The number of amides is 2. The Morgan fingerprint density at radius 1 is 1.20 bits per heavy atom. The lowest BCUT2D eigenvalue weighted by Gasteiger charge is -2.29. The van der Waals surface area contributed by atoms with E-state index in [0.29, 0.717) is 6.42 Å². The van der Waals surface area contributed by atoms with Crippen molar-refractivity contribution in [3.8, 4) is 0 Å². The fraction of sp³-hybridized carbons (Fsp3) is 0.857. The van der Waals surface area contributed by atoms with Gasteiger partial charge < -0.3 is 14.7 Å². The molecule has 0 aromatic rings. The average Bonchev–Trinajstić information content (AvgIpc) is 2.94. The first-order valence-corrected chi connectivity index (χ1v) is 7.24. The molecule has 0 aromatic carbocycles. The number of nitrogens with zero attached hydrogens (tertiary/aromatic N) is 2. The molecule has 0 aliphatic carbocycles. The largest absolute Gasteiger partial charge is 0.444 e. The summed E-state index contributed by atoms with van der Waals surface area (Å²) in [4.78, 5) is 27.7. The molecule has 1 unspecified atom stereocenters. The summed E-state index contributed by atoms with van der Waals surface area (Å²) in [6.45, 7) is 7.01. The Morgan fingerprint density at radius 2 is 1.80 bits per heavy atom. The van der Waals surface area contributed by atoms with Crippen molar-refractivity contribution in [3.05, 3.63) is 0 Å². The standard InChI is InChI=1S/C14H24N2O4/c1-14(2,3)20-13(19)16-9-10(17)8-11(16)12(18)15-6-4-5-7-15/h10-11,17H,4-9H2,1-3H3/t10-,11?/m1/s1. The minimum absolute atomic E-state index is 0.0649. The van der Waals surface area contributed by atoms with Gasteiger partial charge in [-0.15, -0.1) is 0 Å². The van der Waals surface area contributed by atoms with Crippen LogP contribution in [0.15, 0.2) is 0 Å². The number of β-amino-alcohol motifs (C(OH)–C–C–N with tert-alkyl or cyclic N) is 1. The predicted molar refractivity (Wildman–Crippen MR) is 73.2 cm³/mol. The molecule has 2 aliphatic rings. The van der Waals surface area contributed by atoms with Crippen LogP contribution in [0.4, 0.5) is 4.79 Å². The maximum atomic E-state index is 12.4. The Morgan fingerprint density at radius 3 is 2.35 bits per heavy atom. The molecule has 6 nitrogen and oxygen atoms in total. The molecular formula is C14H24N2O4. The molecule has 0 saturated carbocycles. The molecule has 6 heteroatoms. The predicted octanol–water partition coefficient (Wildman–Crippen LogP) is 0.979. The van der Waals surface area contributed by atoms with Crippen LogP contribution in [0, 0.1) is 0 Å². The van der Waals surface area contributed by atoms with E-state index >= 15 is 0 Å². The zero-order valence-corrected chi connectivity index (χ0v) is 12.5. The van der Waals surface area contributed by atoms with Gasteiger partial charge >= 0.3 is 6.09 Å². The van der Waals surface area contributed by atoms with E-state index in [2.05, 4.69) is 0 Å². The van der Waals surface area contributed by atoms with Gasteiger partial charge in [0.15, 0.2) is 0 Å². The first kappa shape index (κ1) is 15.1. The van der Waals surface area contributed by atoms with E-state index in [4.69, 9.17) is 4.74 Å². The third kappa shape index (κ3) is 3.42. The number of rotatable bonds is 1. The number of carbonyl (C=O) groups is 2. The molecular weight excluding hydrogens is 260 g/mol. The van der Waals surface area contributed by atoms with Gasteiger partial charge in [0.1, 0.15) is 11.6 Å². The van der Waals surface area contributed by atoms with Crippen LogP contribution in [-0.2, 0) is 9.53 Å². The molecule has 2 aliphatic heterocycles. The number of aliphatic hydroxyl groups excluding tert-OH is 1. The summed E-state index contributed by atoms with van der Waals surface area (Å²) in [5.74, 6) is -0.0649. The highest BCUT2D eigenvalue weighted by atomic mass is 16.6. The highest BCUT2D eigenvalue weighted by molar-refractivity contribution is 5.86. The smallest absolute Gasteiger partial charge is 0.411 e. The molecule has 0 radical (unpaired) electrons. The topological polar surface area (TPSA) is 70.1 Å². The second-order valence-electron chi connectivity index (χ2n) is 6.57. The van der Waals surface area contributed by atoms with Gasteiger partial charge in [-0.2, -0.15) is 0 Å². The molecule has 20 heavy (non-hydrogen) atoms. The van der Waals surface area contributed by atoms with Crippen molar-refractivity contribution in [1.29, 1.82) is 0 Å². The summed E-state index contributed by atoms with van der Waals surface area (Å²) in [5.41, 5.74) is -0.605. The summed E-state index contributed by atoms with van der Waals surface area (Å²) >= 11 is 0. The van der Waals surface area contributed by atoms with Gasteiger partial charge in [0.25, 0.3) is 0 Å². The van der Waals surface area contributed by atoms with E-state index < -0.39 is 23.8 Å². The number of hydrogen-bond acceptors (Lipinski definition) is 4. The van der Waals surface area contributed by atoms with Crippen molar-refractivity contribution in [3.63, 3.8) is 0 Å². The number of likely N-dealkylation sites (tertiary alicyclic amines) is 2. The van der Waals surface area contributed by atoms with Gasteiger partial charge in [0, 0.05) is 19.5 Å². The van der Waals surface area contributed by atoms with E-state index in [1.165, 1.54) is 4.90 Å². The highest BCUT2D eigenvalue weighted by Gasteiger charge is 2.42. The van der Waals surface area contributed by atoms with Crippen LogP contribution >= 0.6 is 0 Å². The van der Waals surface area contributed by atoms with Crippen LogP contribution in [0.25, 0.3) is 0 Å². The van der Waals surface area contributed by atoms with Crippen molar-refractivity contribution in [2.24, 2.45) is 0 Å². The summed E-state index contributed by atoms with van der Waals surface area (Å²) in [7, 11) is 0. The van der Waals surface area contributed by atoms with Gasteiger partial charge in [-0.3, -0.25) is 9.69 Å². The number of carbonyl (C=O) groups excluding carboxylic acids is 2. The summed E-state index contributed by atoms with van der Waals surface area (Å²) in [5, 5.41) is 9.79. The van der Waals surface area contributed by atoms with E-state index in [9.17, 15) is 14.7 Å². The van der Waals surface area contributed by atoms with E-state index in [-0.39, 0.29) is 12.5 Å². The van der Waals surface area contributed by atoms with E-state index in [1.807, 2.05) is 0 Å². The minimum atomic E-state index is -0.654. The highest BCUT2D eigenvalue weighted by Crippen LogP contribution is 2.24. The first-order chi connectivity index (χ1) is 9.28. The second kappa shape index (κ2) is 5.60. The van der Waals surface area contributed by atoms with E-state index in [0.717, 1.165) is 25.9 Å². The zero-order chi connectivity index (χ0) is 14.9. The zero-order valence-electron chi connectivity index (χ0n) is 12.5. The number of aliphatic hydroxyl groups is 1. The SMILES string of the molecule is CC(C)(C)OC(=O)N1C[C@H](O)CC1C(=O)N1CCCC1. The molecule has 2 saturated heterocycles. The van der Waals surface area contributed by atoms with Gasteiger partial charge in [-0.1, -0.05) is 0 Å². The normalized spacial score (nSPS) is 27.0. The van der Waals surface area contributed by atoms with Crippen LogP contribution in [0.3, 0.4) is 0 Å². The number of hydrogen-bond donors (Lipinski definition) is 1. The summed E-state index contributed by atoms with van der Waals surface area (Å²) in [6.07, 6.45) is 1.14. The maximum Gasteiger partial charge on any atom is 0.411 e. The molecule has 2 atom stereocenters. The molecule has 0 spiro atoms. The Kier molecular flexibility index (Phi) is 4.22. The lowest BCUT2D eigenvalue weighted by molar-refractivity contribution is -0.134. The van der Waals surface area contributed by atoms with E-state index in [1.54, 1.807) is 25.7 Å². The van der Waals surface area contributed by atoms with Crippen LogP contribution in [0.5, 0.6) is 0 Å². The lowest BCUT2D eigenvalue weighted by atomic mass is 10.1. The molecule has 0 aromatic heterocycles. The van der Waals surface area contributed by atoms with Crippen molar-refractivity contribution in [1.82, 2.24) is 9.80 Å². The minimum Gasteiger partial charge on any atom is -0.444 e. The molecule has 2 rings (SSSR count). The molecule has 114 valence electrons. The van der Waals surface area contributed by atoms with Crippen LogP contribution in [0.1, 0.15) is 40.0 Å². The number of ether oxygens (including phenoxy) is 1. The van der Waals surface area contributed by atoms with Gasteiger partial charge in [0.05, 0.1) is 12.6 Å². The van der Waals surface area contributed by atoms with Crippen molar-refractivity contribution < 1.29 is 19.4 Å².